The summed E-state index contributed by atoms with van der Waals surface area (Å²) in [7, 11) is 0. The van der Waals surface area contributed by atoms with Crippen molar-refractivity contribution >= 4 is 17.0 Å². The number of hydrogen-bond acceptors (Lipinski definition) is 7. The molecule has 0 bridgehead atoms. The highest BCUT2D eigenvalue weighted by Gasteiger charge is 2.33. The van der Waals surface area contributed by atoms with Crippen molar-refractivity contribution in [3.05, 3.63) is 34.6 Å². The molecule has 1 N–H and O–H groups in total. The number of allylic oxidation sites excluding steroid dienone is 1. The monoisotopic (exact) mass is 461 g/mol. The van der Waals surface area contributed by atoms with Gasteiger partial charge in [-0.15, -0.1) is 0 Å². The van der Waals surface area contributed by atoms with Gasteiger partial charge in [-0.1, -0.05) is 25.6 Å². The van der Waals surface area contributed by atoms with Crippen molar-refractivity contribution in [2.45, 2.75) is 70.8 Å². The summed E-state index contributed by atoms with van der Waals surface area (Å²) >= 11 is -1.05. The van der Waals surface area contributed by atoms with Crippen LogP contribution >= 0.6 is 0 Å². The summed E-state index contributed by atoms with van der Waals surface area (Å²) in [6, 6.07) is 0.284. The Morgan fingerprint density at radius 3 is 2.56 bits per heavy atom. The molecular formula is C23H35N5O3S. The van der Waals surface area contributed by atoms with Crippen LogP contribution in [0.25, 0.3) is 0 Å². The fourth-order valence-electron chi connectivity index (χ4n) is 4.38. The minimum absolute atomic E-state index is 0.271. The van der Waals surface area contributed by atoms with Crippen LogP contribution in [0.4, 0.5) is 0 Å². The third-order valence-electron chi connectivity index (χ3n) is 6.46. The van der Waals surface area contributed by atoms with Crippen molar-refractivity contribution in [3.63, 3.8) is 0 Å². The molecule has 0 aromatic carbocycles. The van der Waals surface area contributed by atoms with Crippen molar-refractivity contribution in [2.75, 3.05) is 32.1 Å². The Morgan fingerprint density at radius 2 is 1.97 bits per heavy atom. The zero-order chi connectivity index (χ0) is 22.7. The molecule has 0 aliphatic carbocycles. The minimum atomic E-state index is -1.05. The van der Waals surface area contributed by atoms with Gasteiger partial charge in [0.25, 0.3) is 0 Å². The summed E-state index contributed by atoms with van der Waals surface area (Å²) in [4.78, 5) is 12.6. The van der Waals surface area contributed by atoms with E-state index in [0.29, 0.717) is 11.7 Å². The van der Waals surface area contributed by atoms with E-state index in [2.05, 4.69) is 40.8 Å². The van der Waals surface area contributed by atoms with E-state index in [1.807, 2.05) is 6.92 Å². The summed E-state index contributed by atoms with van der Waals surface area (Å²) in [5, 5.41) is 7.69. The highest BCUT2D eigenvalue weighted by Crippen LogP contribution is 2.32. The highest BCUT2D eigenvalue weighted by molar-refractivity contribution is 7.95. The summed E-state index contributed by atoms with van der Waals surface area (Å²) in [5.74, 6) is 4.40. The molecule has 0 radical (unpaired) electrons. The summed E-state index contributed by atoms with van der Waals surface area (Å²) in [6.07, 6.45) is 4.52. The molecule has 0 spiro atoms. The minimum Gasteiger partial charge on any atom is -0.611 e. The summed E-state index contributed by atoms with van der Waals surface area (Å²) in [6.45, 7) is 13.6. The van der Waals surface area contributed by atoms with E-state index >= 15 is 0 Å². The number of nitrogens with zero attached hydrogens (tertiary/aromatic N) is 4. The van der Waals surface area contributed by atoms with Crippen LogP contribution in [0.5, 0.6) is 0 Å². The first-order valence-corrected chi connectivity index (χ1v) is 13.0. The lowest BCUT2D eigenvalue weighted by molar-refractivity contribution is 0.0803. The van der Waals surface area contributed by atoms with Crippen LogP contribution in [-0.2, 0) is 15.9 Å². The summed E-state index contributed by atoms with van der Waals surface area (Å²) in [5.41, 5.74) is 0.936. The molecule has 3 aliphatic rings. The lowest BCUT2D eigenvalue weighted by Crippen LogP contribution is -2.38. The quantitative estimate of drug-likeness (QED) is 0.407. The van der Waals surface area contributed by atoms with Crippen LogP contribution in [0.2, 0.25) is 0 Å². The van der Waals surface area contributed by atoms with E-state index < -0.39 is 11.2 Å². The third-order valence-corrected chi connectivity index (χ3v) is 7.98. The molecule has 1 unspecified atom stereocenters. The van der Waals surface area contributed by atoms with Gasteiger partial charge in [-0.25, -0.2) is 4.99 Å². The molecule has 3 fully saturated rings. The van der Waals surface area contributed by atoms with E-state index in [1.54, 1.807) is 0 Å². The highest BCUT2D eigenvalue weighted by atomic mass is 32.2. The van der Waals surface area contributed by atoms with Crippen LogP contribution in [-0.4, -0.2) is 63.5 Å². The summed E-state index contributed by atoms with van der Waals surface area (Å²) < 4.78 is 23.7. The predicted molar refractivity (Wildman–Crippen MR) is 126 cm³/mol. The van der Waals surface area contributed by atoms with Gasteiger partial charge in [-0.2, -0.15) is 4.98 Å². The number of hydrogen-bond donors (Lipinski definition) is 1. The standard InChI is InChI=1S/C23H35N5O3S/c1-15(2)21-26-23(31-27-21)18-5-10-28(11-6-18)17(4)24-22(20-16(3)9-14-32(20)29)25-19-7-12-30-13-8-19/h15,18-19,25H,3,5-14H2,1-2,4H3/b22-20-,24-17+. The van der Waals surface area contributed by atoms with Gasteiger partial charge in [0, 0.05) is 56.2 Å². The van der Waals surface area contributed by atoms with Gasteiger partial charge in [0.1, 0.15) is 11.6 Å². The first-order valence-electron chi connectivity index (χ1n) is 11.7. The van der Waals surface area contributed by atoms with Crippen molar-refractivity contribution < 1.29 is 13.8 Å². The average Bonchev–Trinajstić information content (AvgIpc) is 3.41. The van der Waals surface area contributed by atoms with Gasteiger partial charge in [0.05, 0.1) is 0 Å². The second-order valence-corrected chi connectivity index (χ2v) is 10.7. The van der Waals surface area contributed by atoms with Crippen molar-refractivity contribution in [3.8, 4) is 0 Å². The predicted octanol–water partition coefficient (Wildman–Crippen LogP) is 3.44. The third kappa shape index (κ3) is 5.38. The fraction of sp³-hybridized carbons (Fsp3) is 0.696. The maximum atomic E-state index is 12.7. The number of piperidine rings is 1. The smallest absolute Gasteiger partial charge is 0.229 e. The molecule has 8 nitrogen and oxygen atoms in total. The van der Waals surface area contributed by atoms with Crippen molar-refractivity contribution in [1.82, 2.24) is 20.4 Å². The van der Waals surface area contributed by atoms with Gasteiger partial charge in [-0.05, 0) is 43.8 Å². The number of aliphatic imine (C=N–C) groups is 1. The van der Waals surface area contributed by atoms with Gasteiger partial charge in [0.2, 0.25) is 5.89 Å². The molecule has 4 rings (SSSR count). The zero-order valence-electron chi connectivity index (χ0n) is 19.4. The fourth-order valence-corrected chi connectivity index (χ4v) is 5.76. The Kier molecular flexibility index (Phi) is 7.58. The second-order valence-electron chi connectivity index (χ2n) is 9.18. The Labute approximate surface area is 193 Å². The topological polar surface area (TPSA) is 98.8 Å². The SMILES string of the molecule is C=C1CC[S+]([O-])/C1=C(/N=C(\C)N1CCC(c2nc(C(C)C)no2)CC1)NC1CCOCC1. The molecule has 1 aromatic heterocycles. The molecule has 3 aliphatic heterocycles. The van der Waals surface area contributed by atoms with Crippen molar-refractivity contribution in [1.29, 1.82) is 0 Å². The van der Waals surface area contributed by atoms with Crippen LogP contribution in [0.15, 0.2) is 32.4 Å². The van der Waals surface area contributed by atoms with E-state index in [9.17, 15) is 4.55 Å². The zero-order valence-corrected chi connectivity index (χ0v) is 20.2. The number of ether oxygens (including phenoxy) is 1. The largest absolute Gasteiger partial charge is 0.611 e. The van der Waals surface area contributed by atoms with Crippen LogP contribution < -0.4 is 5.32 Å². The van der Waals surface area contributed by atoms with Gasteiger partial charge < -0.3 is 24.0 Å². The molecule has 0 amide bonds. The average molecular weight is 462 g/mol. The van der Waals surface area contributed by atoms with Crippen molar-refractivity contribution in [2.24, 2.45) is 4.99 Å². The molecule has 176 valence electrons. The Hall–Kier alpha value is -1.84. The Morgan fingerprint density at radius 1 is 1.25 bits per heavy atom. The molecule has 0 saturated carbocycles. The number of amidine groups is 1. The first kappa shape index (κ1) is 23.3. The van der Waals surface area contributed by atoms with Crippen LogP contribution in [0.1, 0.15) is 76.4 Å². The molecule has 3 saturated heterocycles. The number of aromatic nitrogens is 2. The Balaban J connectivity index is 1.46. The number of rotatable bonds is 5. The maximum absolute atomic E-state index is 12.7. The van der Waals surface area contributed by atoms with E-state index in [0.717, 1.165) is 92.3 Å². The van der Waals surface area contributed by atoms with E-state index in [4.69, 9.17) is 14.3 Å². The first-order chi connectivity index (χ1) is 15.4. The van der Waals surface area contributed by atoms with Crippen LogP contribution in [0.3, 0.4) is 0 Å². The molecule has 1 aromatic rings. The van der Waals surface area contributed by atoms with Gasteiger partial charge in [0.15, 0.2) is 16.6 Å². The molecule has 4 heterocycles. The normalized spacial score (nSPS) is 25.7. The van der Waals surface area contributed by atoms with Crippen LogP contribution in [0, 0.1) is 0 Å². The molecular weight excluding hydrogens is 426 g/mol. The lowest BCUT2D eigenvalue weighted by atomic mass is 9.96. The molecule has 1 atom stereocenters. The Bertz CT molecular complexity index is 867. The second kappa shape index (κ2) is 10.4. The number of nitrogens with one attached hydrogen (secondary N) is 1. The maximum Gasteiger partial charge on any atom is 0.229 e. The van der Waals surface area contributed by atoms with Gasteiger partial charge in [-0.3, -0.25) is 0 Å². The van der Waals surface area contributed by atoms with E-state index in [1.165, 1.54) is 0 Å². The molecule has 9 heteroatoms. The number of likely N-dealkylation sites (tertiary alicyclic amines) is 1. The molecule has 32 heavy (non-hydrogen) atoms. The van der Waals surface area contributed by atoms with E-state index in [-0.39, 0.29) is 12.0 Å². The van der Waals surface area contributed by atoms with Gasteiger partial charge >= 0.3 is 0 Å². The lowest BCUT2D eigenvalue weighted by Gasteiger charge is -2.32.